The van der Waals surface area contributed by atoms with Crippen molar-refractivity contribution in [2.24, 2.45) is 0 Å². The molecule has 0 radical (unpaired) electrons. The van der Waals surface area contributed by atoms with E-state index in [0.717, 1.165) is 11.0 Å². The number of carbonyl (C=O) groups is 1. The summed E-state index contributed by atoms with van der Waals surface area (Å²) >= 11 is 0. The van der Waals surface area contributed by atoms with Crippen LogP contribution in [0.25, 0.3) is 22.6 Å². The number of hydrogen-bond donors (Lipinski definition) is 3. The number of fused-ring (bicyclic) bond motifs is 1. The van der Waals surface area contributed by atoms with Gasteiger partial charge in [-0.15, -0.1) is 0 Å². The zero-order valence-corrected chi connectivity index (χ0v) is 12.2. The van der Waals surface area contributed by atoms with Crippen LogP contribution in [-0.4, -0.2) is 31.4 Å². The fraction of sp³-hybridized carbons (Fsp3) is 0.267. The molecule has 0 aliphatic carbocycles. The third-order valence-electron chi connectivity index (χ3n) is 2.97. The van der Waals surface area contributed by atoms with Gasteiger partial charge >= 0.3 is 0 Å². The van der Waals surface area contributed by atoms with Crippen molar-refractivity contribution >= 4 is 16.9 Å². The summed E-state index contributed by atoms with van der Waals surface area (Å²) in [6.07, 6.45) is 1.50. The van der Waals surface area contributed by atoms with E-state index in [1.165, 1.54) is 6.33 Å². The number of imidazole rings is 2. The minimum absolute atomic E-state index is 0.199. The Morgan fingerprint density at radius 2 is 2.00 bits per heavy atom. The third-order valence-corrected chi connectivity index (χ3v) is 2.97. The van der Waals surface area contributed by atoms with Crippen molar-refractivity contribution in [1.29, 1.82) is 0 Å². The Bertz CT molecular complexity index is 761. The zero-order valence-electron chi connectivity index (χ0n) is 12.2. The molecule has 3 N–H and O–H groups in total. The number of nitrogens with one attached hydrogen (secondary N) is 3. The number of H-pyrrole nitrogens is 2. The maximum Gasteiger partial charge on any atom is 0.270 e. The molecule has 21 heavy (non-hydrogen) atoms. The van der Waals surface area contributed by atoms with Crippen molar-refractivity contribution < 1.29 is 4.79 Å². The van der Waals surface area contributed by atoms with Crippen molar-refractivity contribution in [1.82, 2.24) is 25.3 Å². The first-order valence-electron chi connectivity index (χ1n) is 6.75. The van der Waals surface area contributed by atoms with Gasteiger partial charge in [-0.1, -0.05) is 12.1 Å². The minimum Gasteiger partial charge on any atom is -0.346 e. The average molecular weight is 283 g/mol. The van der Waals surface area contributed by atoms with Gasteiger partial charge in [-0.05, 0) is 32.9 Å². The van der Waals surface area contributed by atoms with E-state index in [4.69, 9.17) is 0 Å². The van der Waals surface area contributed by atoms with E-state index < -0.39 is 0 Å². The first-order chi connectivity index (χ1) is 9.94. The molecule has 2 aromatic heterocycles. The van der Waals surface area contributed by atoms with Gasteiger partial charge in [0.1, 0.15) is 11.4 Å². The van der Waals surface area contributed by atoms with Gasteiger partial charge in [-0.3, -0.25) is 4.79 Å². The first-order valence-corrected chi connectivity index (χ1v) is 6.75. The van der Waals surface area contributed by atoms with E-state index in [0.29, 0.717) is 17.2 Å². The summed E-state index contributed by atoms with van der Waals surface area (Å²) in [5.41, 5.74) is 2.38. The molecule has 3 aromatic rings. The Kier molecular flexibility index (Phi) is 3.01. The minimum atomic E-state index is -0.312. The predicted molar refractivity (Wildman–Crippen MR) is 80.9 cm³/mol. The summed E-state index contributed by atoms with van der Waals surface area (Å²) in [6, 6.07) is 7.71. The highest BCUT2D eigenvalue weighted by molar-refractivity contribution is 5.98. The summed E-state index contributed by atoms with van der Waals surface area (Å²) in [4.78, 5) is 27.1. The van der Waals surface area contributed by atoms with Crippen molar-refractivity contribution in [2.75, 3.05) is 0 Å². The Balaban J connectivity index is 2.00. The molecule has 0 fully saturated rings. The van der Waals surface area contributed by atoms with E-state index in [1.54, 1.807) is 0 Å². The van der Waals surface area contributed by atoms with Crippen molar-refractivity contribution in [2.45, 2.75) is 26.3 Å². The fourth-order valence-electron chi connectivity index (χ4n) is 2.11. The molecule has 108 valence electrons. The van der Waals surface area contributed by atoms with E-state index in [-0.39, 0.29) is 11.4 Å². The highest BCUT2D eigenvalue weighted by atomic mass is 16.2. The molecule has 0 atom stereocenters. The lowest BCUT2D eigenvalue weighted by atomic mass is 10.1. The zero-order chi connectivity index (χ0) is 15.0. The van der Waals surface area contributed by atoms with Gasteiger partial charge in [0, 0.05) is 5.54 Å². The number of nitrogens with zero attached hydrogens (tertiary/aromatic N) is 2. The largest absolute Gasteiger partial charge is 0.346 e. The Morgan fingerprint density at radius 3 is 2.71 bits per heavy atom. The van der Waals surface area contributed by atoms with Crippen molar-refractivity contribution in [3.05, 3.63) is 36.3 Å². The summed E-state index contributed by atoms with van der Waals surface area (Å²) < 4.78 is 0. The third kappa shape index (κ3) is 2.65. The molecular weight excluding hydrogens is 266 g/mol. The molecule has 0 saturated carbocycles. The van der Waals surface area contributed by atoms with E-state index >= 15 is 0 Å². The molecule has 0 unspecified atom stereocenters. The lowest BCUT2D eigenvalue weighted by molar-refractivity contribution is 0.0915. The fourth-order valence-corrected chi connectivity index (χ4v) is 2.11. The topological polar surface area (TPSA) is 86.5 Å². The van der Waals surface area contributed by atoms with E-state index in [9.17, 15) is 4.79 Å². The Labute approximate surface area is 122 Å². The molecule has 0 aliphatic rings. The van der Waals surface area contributed by atoms with Crippen LogP contribution >= 0.6 is 0 Å². The van der Waals surface area contributed by atoms with Gasteiger partial charge in [0.05, 0.1) is 17.4 Å². The van der Waals surface area contributed by atoms with Crippen LogP contribution in [0.3, 0.4) is 0 Å². The number of aromatic amines is 2. The number of rotatable bonds is 2. The maximum absolute atomic E-state index is 12.3. The molecular formula is C15H17N5O. The second-order valence-electron chi connectivity index (χ2n) is 5.93. The quantitative estimate of drug-likeness (QED) is 0.675. The van der Waals surface area contributed by atoms with Gasteiger partial charge in [0.25, 0.3) is 5.91 Å². The monoisotopic (exact) mass is 283 g/mol. The van der Waals surface area contributed by atoms with Crippen LogP contribution in [0.4, 0.5) is 0 Å². The summed E-state index contributed by atoms with van der Waals surface area (Å²) in [5, 5.41) is 2.91. The van der Waals surface area contributed by atoms with Crippen LogP contribution in [-0.2, 0) is 0 Å². The highest BCUT2D eigenvalue weighted by Crippen LogP contribution is 2.21. The summed E-state index contributed by atoms with van der Waals surface area (Å²) in [6.45, 7) is 5.80. The van der Waals surface area contributed by atoms with Gasteiger partial charge in [-0.2, -0.15) is 0 Å². The molecule has 1 amide bonds. The summed E-state index contributed by atoms with van der Waals surface area (Å²) in [7, 11) is 0. The number of para-hydroxylation sites is 2. The van der Waals surface area contributed by atoms with Gasteiger partial charge < -0.3 is 15.3 Å². The molecule has 0 aliphatic heterocycles. The van der Waals surface area contributed by atoms with Gasteiger partial charge in [-0.25, -0.2) is 9.97 Å². The van der Waals surface area contributed by atoms with E-state index in [2.05, 4.69) is 25.3 Å². The molecule has 1 aromatic carbocycles. The molecule has 6 nitrogen and oxygen atoms in total. The highest BCUT2D eigenvalue weighted by Gasteiger charge is 2.22. The van der Waals surface area contributed by atoms with E-state index in [1.807, 2.05) is 45.0 Å². The second-order valence-corrected chi connectivity index (χ2v) is 5.93. The molecule has 0 spiro atoms. The Morgan fingerprint density at radius 1 is 1.24 bits per heavy atom. The number of aromatic nitrogens is 4. The molecule has 0 bridgehead atoms. The van der Waals surface area contributed by atoms with Crippen LogP contribution in [0.5, 0.6) is 0 Å². The molecule has 0 saturated heterocycles. The van der Waals surface area contributed by atoms with Crippen LogP contribution in [0.15, 0.2) is 30.6 Å². The molecule has 2 heterocycles. The van der Waals surface area contributed by atoms with Crippen molar-refractivity contribution in [3.8, 4) is 11.5 Å². The van der Waals surface area contributed by atoms with Crippen LogP contribution < -0.4 is 5.32 Å². The van der Waals surface area contributed by atoms with Crippen LogP contribution in [0.2, 0.25) is 0 Å². The SMILES string of the molecule is CC(C)(C)NC(=O)c1[nH]cnc1-c1nc2ccccc2[nH]1. The number of amides is 1. The summed E-state index contributed by atoms with van der Waals surface area (Å²) in [5.74, 6) is 0.381. The van der Waals surface area contributed by atoms with Crippen molar-refractivity contribution in [3.63, 3.8) is 0 Å². The number of carbonyl (C=O) groups excluding carboxylic acids is 1. The average Bonchev–Trinajstić information content (AvgIpc) is 3.02. The standard InChI is InChI=1S/C15H17N5O/c1-15(2,3)20-14(21)12-11(16-8-17-12)13-18-9-6-4-5-7-10(9)19-13/h4-8H,1-3H3,(H,16,17)(H,18,19)(H,20,21). The molecule has 3 rings (SSSR count). The number of hydrogen-bond acceptors (Lipinski definition) is 3. The smallest absolute Gasteiger partial charge is 0.270 e. The maximum atomic E-state index is 12.3. The second kappa shape index (κ2) is 4.73. The van der Waals surface area contributed by atoms with Gasteiger partial charge in [0.15, 0.2) is 5.82 Å². The van der Waals surface area contributed by atoms with Crippen LogP contribution in [0, 0.1) is 0 Å². The lowest BCUT2D eigenvalue weighted by Crippen LogP contribution is -2.40. The first kappa shape index (κ1) is 13.4. The predicted octanol–water partition coefficient (Wildman–Crippen LogP) is 2.48. The normalized spacial score (nSPS) is 11.8. The molecule has 6 heteroatoms. The Hall–Kier alpha value is -2.63. The van der Waals surface area contributed by atoms with Crippen LogP contribution in [0.1, 0.15) is 31.3 Å². The lowest BCUT2D eigenvalue weighted by Gasteiger charge is -2.20. The number of benzene rings is 1. The van der Waals surface area contributed by atoms with Gasteiger partial charge in [0.2, 0.25) is 0 Å².